The van der Waals surface area contributed by atoms with Crippen molar-refractivity contribution >= 4 is 70.7 Å². The zero-order valence-corrected chi connectivity index (χ0v) is 46.0. The van der Waals surface area contributed by atoms with Crippen LogP contribution in [0.1, 0.15) is 123 Å². The van der Waals surface area contributed by atoms with Gasteiger partial charge in [-0.2, -0.15) is 0 Å². The third-order valence-corrected chi connectivity index (χ3v) is 50.1. The number of hydrogen-bond acceptors (Lipinski definition) is 14. The summed E-state index contributed by atoms with van der Waals surface area (Å²) in [6.45, 7) is 30.6. The number of hydrogen-bond donors (Lipinski definition) is 0. The van der Waals surface area contributed by atoms with Crippen LogP contribution in [0.3, 0.4) is 0 Å². The average molecular weight is 958 g/mol. The van der Waals surface area contributed by atoms with Crippen LogP contribution in [-0.2, 0) is 58.5 Å². The molecule has 22 heteroatoms. The quantitative estimate of drug-likeness (QED) is 0.0958. The van der Waals surface area contributed by atoms with Gasteiger partial charge in [-0.05, 0) is 73.0 Å². The average Bonchev–Trinajstić information content (AvgIpc) is 3.73. The van der Waals surface area contributed by atoms with Crippen LogP contribution in [0.4, 0.5) is 0 Å². The van der Waals surface area contributed by atoms with E-state index in [-0.39, 0.29) is 41.4 Å². The maximum absolute atomic E-state index is 7.79. The van der Waals surface area contributed by atoms with Crippen LogP contribution in [0, 0.1) is 47.3 Å². The van der Waals surface area contributed by atoms with Crippen LogP contribution < -0.4 is 0 Å². The molecule has 8 fully saturated rings. The third kappa shape index (κ3) is 10.6. The smallest absolute Gasteiger partial charge is 0.373 e. The summed E-state index contributed by atoms with van der Waals surface area (Å²) in [4.78, 5) is 0. The minimum Gasteiger partial charge on any atom is -0.373 e. The minimum atomic E-state index is -4.41. The fourth-order valence-corrected chi connectivity index (χ4v) is 59.5. The molecule has 3 atom stereocenters. The molecule has 8 bridgehead atoms. The number of epoxide rings is 1. The Kier molecular flexibility index (Phi) is 14.0. The maximum atomic E-state index is 7.79. The topological polar surface area (TPSA) is 133 Å². The SMILES string of the molecule is CC(C)C[Si]12O[Si]3(CC(C)C)O[Si]4(CC(C)C)O[Si](CC(C)C)(O1)O[Si]1(CC(C)C)O[Si](CC(C)C)(O2)O[Si](CC(C)C)(O3)O[Si](OCCC2CCC3OC3C2)(O4)O1. The Labute approximate surface area is 358 Å². The number of fused-ring (bicyclic) bond motifs is 1. The van der Waals surface area contributed by atoms with Crippen LogP contribution in [0.15, 0.2) is 0 Å². The van der Waals surface area contributed by atoms with Gasteiger partial charge in [0.05, 0.1) is 12.2 Å². The summed E-state index contributed by atoms with van der Waals surface area (Å²) in [6.07, 6.45) is 4.80. The molecule has 0 spiro atoms. The molecule has 0 aromatic carbocycles. The number of rotatable bonds is 18. The molecule has 3 unspecified atom stereocenters. The third-order valence-electron chi connectivity index (χ3n) is 11.2. The molecular weight excluding hydrogens is 881 g/mol. The molecule has 7 aliphatic heterocycles. The summed E-state index contributed by atoms with van der Waals surface area (Å²) < 4.78 is 106. The Bertz CT molecular complexity index is 1290. The summed E-state index contributed by atoms with van der Waals surface area (Å²) in [5.41, 5.74) is 0. The van der Waals surface area contributed by atoms with Crippen molar-refractivity contribution < 1.29 is 58.5 Å². The second-order valence-corrected chi connectivity index (χ2v) is 44.7. The maximum Gasteiger partial charge on any atom is 0.657 e. The molecule has 336 valence electrons. The lowest BCUT2D eigenvalue weighted by Crippen LogP contribution is -2.89. The van der Waals surface area contributed by atoms with Gasteiger partial charge in [0.2, 0.25) is 0 Å². The minimum absolute atomic E-state index is 0.0885. The standard InChI is InChI=1S/C36H76O14Si8/c1-27(2)20-51-39-52(21-28(3)4)42-55(24-31(9)10)44-53(40-51,22-29(5)6)46-57(26-33(13)14)47-54(41-51,23-30(7)8)45-56(43-52,25-32(11)12)49-58(48-55,50-57)37-18-17-34-15-16-35-36(19-34)38-35/h27-36H,15-26H2,1-14H3. The summed E-state index contributed by atoms with van der Waals surface area (Å²) in [5, 5.41) is 0. The molecule has 8 aliphatic rings. The van der Waals surface area contributed by atoms with Crippen LogP contribution in [0.2, 0.25) is 42.3 Å². The van der Waals surface area contributed by atoms with Gasteiger partial charge in [-0.15, -0.1) is 0 Å². The lowest BCUT2D eigenvalue weighted by Gasteiger charge is -2.63. The van der Waals surface area contributed by atoms with Gasteiger partial charge < -0.3 is 58.5 Å². The van der Waals surface area contributed by atoms with E-state index >= 15 is 0 Å². The van der Waals surface area contributed by atoms with Gasteiger partial charge in [-0.3, -0.25) is 0 Å². The van der Waals surface area contributed by atoms with Crippen LogP contribution >= 0.6 is 0 Å². The second kappa shape index (κ2) is 17.2. The van der Waals surface area contributed by atoms with Gasteiger partial charge in [-0.25, -0.2) is 0 Å². The van der Waals surface area contributed by atoms with Crippen molar-refractivity contribution in [2.24, 2.45) is 47.3 Å². The Morgan fingerprint density at radius 1 is 0.379 bits per heavy atom. The van der Waals surface area contributed by atoms with Gasteiger partial charge in [0, 0.05) is 48.9 Å². The molecule has 7 saturated heterocycles. The fraction of sp³-hybridized carbons (Fsp3) is 1.00. The van der Waals surface area contributed by atoms with Gasteiger partial charge in [0.1, 0.15) is 0 Å². The van der Waals surface area contributed by atoms with Gasteiger partial charge in [0.15, 0.2) is 0 Å². The second-order valence-electron chi connectivity index (χ2n) is 21.2. The van der Waals surface area contributed by atoms with E-state index in [1.54, 1.807) is 0 Å². The Morgan fingerprint density at radius 3 is 0.914 bits per heavy atom. The molecule has 1 aliphatic carbocycles. The van der Waals surface area contributed by atoms with E-state index in [1.165, 1.54) is 0 Å². The van der Waals surface area contributed by atoms with E-state index in [0.29, 0.717) is 67.0 Å². The first kappa shape index (κ1) is 47.1. The Morgan fingerprint density at radius 2 is 0.655 bits per heavy atom. The van der Waals surface area contributed by atoms with Crippen molar-refractivity contribution in [3.63, 3.8) is 0 Å². The molecule has 0 radical (unpaired) electrons. The van der Waals surface area contributed by atoms with Crippen molar-refractivity contribution in [1.29, 1.82) is 0 Å². The van der Waals surface area contributed by atoms with Crippen molar-refractivity contribution in [2.75, 3.05) is 6.61 Å². The molecule has 7 heterocycles. The van der Waals surface area contributed by atoms with Gasteiger partial charge >= 0.3 is 70.7 Å². The fourth-order valence-electron chi connectivity index (χ4n) is 9.77. The van der Waals surface area contributed by atoms with Crippen LogP contribution in [-0.4, -0.2) is 89.5 Å². The monoisotopic (exact) mass is 956 g/mol. The van der Waals surface area contributed by atoms with Crippen molar-refractivity contribution in [2.45, 2.75) is 177 Å². The highest BCUT2D eigenvalue weighted by atomic mass is 28.6. The summed E-state index contributed by atoms with van der Waals surface area (Å²) in [6, 6.07) is 3.21. The van der Waals surface area contributed by atoms with Crippen LogP contribution in [0.25, 0.3) is 0 Å². The van der Waals surface area contributed by atoms with E-state index in [4.69, 9.17) is 58.5 Å². The first-order valence-electron chi connectivity index (χ1n) is 22.7. The predicted molar refractivity (Wildman–Crippen MR) is 233 cm³/mol. The summed E-state index contributed by atoms with van der Waals surface area (Å²) >= 11 is 0. The summed E-state index contributed by atoms with van der Waals surface area (Å²) in [5.74, 6) is 1.19. The zero-order chi connectivity index (χ0) is 42.2. The molecule has 58 heavy (non-hydrogen) atoms. The molecule has 0 N–H and O–H groups in total. The van der Waals surface area contributed by atoms with Gasteiger partial charge in [-0.1, -0.05) is 96.9 Å². The zero-order valence-electron chi connectivity index (χ0n) is 38.0. The lowest BCUT2D eigenvalue weighted by atomic mass is 9.87. The Balaban J connectivity index is 1.50. The molecule has 0 aromatic rings. The molecule has 0 amide bonds. The Hall–Kier alpha value is 1.18. The van der Waals surface area contributed by atoms with E-state index in [9.17, 15) is 0 Å². The van der Waals surface area contributed by atoms with E-state index in [0.717, 1.165) is 25.7 Å². The highest BCUT2D eigenvalue weighted by Crippen LogP contribution is 2.55. The van der Waals surface area contributed by atoms with Crippen molar-refractivity contribution in [3.05, 3.63) is 0 Å². The first-order valence-corrected chi connectivity index (χ1v) is 37.8. The van der Waals surface area contributed by atoms with Crippen molar-refractivity contribution in [1.82, 2.24) is 0 Å². The largest absolute Gasteiger partial charge is 0.657 e. The summed E-state index contributed by atoms with van der Waals surface area (Å²) in [7, 11) is -32.2. The number of ether oxygens (including phenoxy) is 1. The highest BCUT2D eigenvalue weighted by molar-refractivity contribution is 7.02. The molecule has 14 nitrogen and oxygen atoms in total. The molecule has 1 saturated carbocycles. The van der Waals surface area contributed by atoms with Crippen LogP contribution in [0.5, 0.6) is 0 Å². The molecule has 8 rings (SSSR count). The molecule has 0 aromatic heterocycles. The predicted octanol–water partition coefficient (Wildman–Crippen LogP) is 8.83. The van der Waals surface area contributed by atoms with E-state index in [2.05, 4.69) is 96.9 Å². The van der Waals surface area contributed by atoms with Gasteiger partial charge in [0.25, 0.3) is 0 Å². The first-order chi connectivity index (χ1) is 26.9. The molecular formula is C36H76O14Si8. The van der Waals surface area contributed by atoms with Crippen molar-refractivity contribution in [3.8, 4) is 0 Å². The highest BCUT2D eigenvalue weighted by Gasteiger charge is 2.84. The lowest BCUT2D eigenvalue weighted by molar-refractivity contribution is -0.0628. The van der Waals surface area contributed by atoms with E-state index in [1.807, 2.05) is 0 Å². The normalized spacial score (nSPS) is 44.7. The van der Waals surface area contributed by atoms with E-state index < -0.39 is 70.7 Å².